The van der Waals surface area contributed by atoms with Crippen molar-refractivity contribution in [2.24, 2.45) is 5.10 Å². The monoisotopic (exact) mass is 420 g/mol. The first-order chi connectivity index (χ1) is 12.6. The maximum Gasteiger partial charge on any atom is 0.271 e. The van der Waals surface area contributed by atoms with Crippen molar-refractivity contribution < 1.29 is 19.0 Å². The molecule has 0 radical (unpaired) electrons. The molecule has 0 aliphatic carbocycles. The SMILES string of the molecule is CCOc1ccc(/C=N/NC(=O)c2ccc(OC)c(OCC)c2)cc1Br. The van der Waals surface area contributed by atoms with Gasteiger partial charge in [-0.05, 0) is 71.7 Å². The molecule has 138 valence electrons. The average Bonchev–Trinajstić information content (AvgIpc) is 2.64. The van der Waals surface area contributed by atoms with Gasteiger partial charge in [0.05, 0.1) is 31.0 Å². The summed E-state index contributed by atoms with van der Waals surface area (Å²) in [7, 11) is 1.55. The van der Waals surface area contributed by atoms with Crippen LogP contribution >= 0.6 is 15.9 Å². The molecule has 0 unspecified atom stereocenters. The number of amides is 1. The molecule has 26 heavy (non-hydrogen) atoms. The van der Waals surface area contributed by atoms with Crippen LogP contribution < -0.4 is 19.6 Å². The molecular weight excluding hydrogens is 400 g/mol. The molecule has 0 aromatic heterocycles. The van der Waals surface area contributed by atoms with Crippen LogP contribution in [0.3, 0.4) is 0 Å². The van der Waals surface area contributed by atoms with Gasteiger partial charge in [-0.3, -0.25) is 4.79 Å². The molecule has 0 saturated carbocycles. The Labute approximate surface area is 161 Å². The predicted octanol–water partition coefficient (Wildman–Crippen LogP) is 4.02. The number of hydrogen-bond acceptors (Lipinski definition) is 5. The standard InChI is InChI=1S/C19H21BrN2O4/c1-4-25-16-8-6-13(10-15(16)20)12-21-22-19(23)14-7-9-17(24-3)18(11-14)26-5-2/h6-12H,4-5H2,1-3H3,(H,22,23)/b21-12+. The highest BCUT2D eigenvalue weighted by Gasteiger charge is 2.10. The van der Waals surface area contributed by atoms with Crippen LogP contribution in [0.2, 0.25) is 0 Å². The third-order valence-corrected chi connectivity index (χ3v) is 3.98. The second-order valence-electron chi connectivity index (χ2n) is 5.12. The molecule has 0 spiro atoms. The molecule has 1 amide bonds. The van der Waals surface area contributed by atoms with Crippen LogP contribution in [0.4, 0.5) is 0 Å². The van der Waals surface area contributed by atoms with Crippen molar-refractivity contribution in [3.8, 4) is 17.2 Å². The summed E-state index contributed by atoms with van der Waals surface area (Å²) >= 11 is 3.44. The fourth-order valence-electron chi connectivity index (χ4n) is 2.19. The van der Waals surface area contributed by atoms with Crippen molar-refractivity contribution in [2.45, 2.75) is 13.8 Å². The van der Waals surface area contributed by atoms with Crippen LogP contribution in [0.5, 0.6) is 17.2 Å². The van der Waals surface area contributed by atoms with Gasteiger partial charge >= 0.3 is 0 Å². The number of hydrogen-bond donors (Lipinski definition) is 1. The molecule has 0 heterocycles. The first-order valence-corrected chi connectivity index (χ1v) is 8.94. The van der Waals surface area contributed by atoms with E-state index in [1.54, 1.807) is 31.5 Å². The van der Waals surface area contributed by atoms with Crippen molar-refractivity contribution in [3.63, 3.8) is 0 Å². The summed E-state index contributed by atoms with van der Waals surface area (Å²) < 4.78 is 17.0. The molecule has 2 aromatic carbocycles. The summed E-state index contributed by atoms with van der Waals surface area (Å²) in [4.78, 5) is 12.2. The highest BCUT2D eigenvalue weighted by atomic mass is 79.9. The number of carbonyl (C=O) groups excluding carboxylic acids is 1. The Bertz CT molecular complexity index is 793. The molecule has 0 bridgehead atoms. The minimum absolute atomic E-state index is 0.338. The molecule has 6 nitrogen and oxygen atoms in total. The van der Waals surface area contributed by atoms with Crippen molar-refractivity contribution >= 4 is 28.1 Å². The minimum atomic E-state index is -0.338. The largest absolute Gasteiger partial charge is 0.493 e. The molecule has 0 fully saturated rings. The molecule has 0 aliphatic heterocycles. The number of ether oxygens (including phenoxy) is 3. The highest BCUT2D eigenvalue weighted by molar-refractivity contribution is 9.10. The molecule has 2 aromatic rings. The van der Waals surface area contributed by atoms with E-state index in [1.807, 2.05) is 32.0 Å². The van der Waals surface area contributed by atoms with E-state index in [2.05, 4.69) is 26.5 Å². The first kappa shape index (κ1) is 19.8. The number of hydrazone groups is 1. The Morgan fingerprint density at radius 3 is 2.42 bits per heavy atom. The Morgan fingerprint density at radius 2 is 1.77 bits per heavy atom. The molecule has 2 rings (SSSR count). The summed E-state index contributed by atoms with van der Waals surface area (Å²) in [5.41, 5.74) is 3.76. The molecule has 7 heteroatoms. The summed E-state index contributed by atoms with van der Waals surface area (Å²) in [5.74, 6) is 1.51. The van der Waals surface area contributed by atoms with Gasteiger partial charge in [-0.15, -0.1) is 0 Å². The van der Waals surface area contributed by atoms with E-state index in [0.29, 0.717) is 30.3 Å². The number of benzene rings is 2. The second kappa shape index (κ2) is 9.82. The lowest BCUT2D eigenvalue weighted by molar-refractivity contribution is 0.0954. The van der Waals surface area contributed by atoms with Crippen molar-refractivity contribution in [1.82, 2.24) is 5.43 Å². The van der Waals surface area contributed by atoms with Crippen LogP contribution in [0.1, 0.15) is 29.8 Å². The average molecular weight is 421 g/mol. The Morgan fingerprint density at radius 1 is 1.08 bits per heavy atom. The Kier molecular flexibility index (Phi) is 7.47. The summed E-state index contributed by atoms with van der Waals surface area (Å²) in [5, 5.41) is 3.99. The van der Waals surface area contributed by atoms with Crippen molar-refractivity contribution in [3.05, 3.63) is 52.0 Å². The summed E-state index contributed by atoms with van der Waals surface area (Å²) in [6.45, 7) is 4.86. The zero-order valence-electron chi connectivity index (χ0n) is 14.9. The predicted molar refractivity (Wildman–Crippen MR) is 105 cm³/mol. The summed E-state index contributed by atoms with van der Waals surface area (Å²) in [6, 6.07) is 10.5. The van der Waals surface area contributed by atoms with Gasteiger partial charge in [0.25, 0.3) is 5.91 Å². The number of methoxy groups -OCH3 is 1. The van der Waals surface area contributed by atoms with Gasteiger partial charge in [-0.2, -0.15) is 5.10 Å². The topological polar surface area (TPSA) is 69.2 Å². The van der Waals surface area contributed by atoms with E-state index in [9.17, 15) is 4.79 Å². The number of nitrogens with zero attached hydrogens (tertiary/aromatic N) is 1. The van der Waals surface area contributed by atoms with E-state index in [1.165, 1.54) is 0 Å². The lowest BCUT2D eigenvalue weighted by Gasteiger charge is -2.10. The van der Waals surface area contributed by atoms with Gasteiger partial charge in [-0.1, -0.05) is 0 Å². The molecule has 0 atom stereocenters. The van der Waals surface area contributed by atoms with Gasteiger partial charge in [0, 0.05) is 5.56 Å². The van der Waals surface area contributed by atoms with E-state index < -0.39 is 0 Å². The lowest BCUT2D eigenvalue weighted by Crippen LogP contribution is -2.17. The van der Waals surface area contributed by atoms with Crippen LogP contribution in [-0.4, -0.2) is 32.4 Å². The van der Waals surface area contributed by atoms with E-state index >= 15 is 0 Å². The number of rotatable bonds is 8. The quantitative estimate of drug-likeness (QED) is 0.517. The van der Waals surface area contributed by atoms with Crippen LogP contribution in [0.25, 0.3) is 0 Å². The first-order valence-electron chi connectivity index (χ1n) is 8.15. The third-order valence-electron chi connectivity index (χ3n) is 3.36. The molecule has 0 saturated heterocycles. The van der Waals surface area contributed by atoms with Gasteiger partial charge < -0.3 is 14.2 Å². The Hall–Kier alpha value is -2.54. The van der Waals surface area contributed by atoms with Crippen LogP contribution in [0, 0.1) is 0 Å². The zero-order chi connectivity index (χ0) is 18.9. The number of carbonyl (C=O) groups is 1. The second-order valence-corrected chi connectivity index (χ2v) is 5.97. The lowest BCUT2D eigenvalue weighted by atomic mass is 10.2. The molecule has 0 aliphatic rings. The van der Waals surface area contributed by atoms with Gasteiger partial charge in [-0.25, -0.2) is 5.43 Å². The van der Waals surface area contributed by atoms with Gasteiger partial charge in [0.15, 0.2) is 11.5 Å². The molecular formula is C19H21BrN2O4. The Balaban J connectivity index is 2.05. The summed E-state index contributed by atoms with van der Waals surface area (Å²) in [6.07, 6.45) is 1.56. The van der Waals surface area contributed by atoms with E-state index in [4.69, 9.17) is 14.2 Å². The van der Waals surface area contributed by atoms with Crippen LogP contribution in [-0.2, 0) is 0 Å². The number of halogens is 1. The van der Waals surface area contributed by atoms with Gasteiger partial charge in [0.1, 0.15) is 5.75 Å². The maximum absolute atomic E-state index is 12.2. The zero-order valence-corrected chi connectivity index (χ0v) is 16.5. The minimum Gasteiger partial charge on any atom is -0.493 e. The highest BCUT2D eigenvalue weighted by Crippen LogP contribution is 2.28. The van der Waals surface area contributed by atoms with Gasteiger partial charge in [0.2, 0.25) is 0 Å². The maximum atomic E-state index is 12.2. The van der Waals surface area contributed by atoms with E-state index in [-0.39, 0.29) is 5.91 Å². The fraction of sp³-hybridized carbons (Fsp3) is 0.263. The third kappa shape index (κ3) is 5.23. The normalized spacial score (nSPS) is 10.6. The number of nitrogens with one attached hydrogen (secondary N) is 1. The smallest absolute Gasteiger partial charge is 0.271 e. The van der Waals surface area contributed by atoms with Crippen molar-refractivity contribution in [1.29, 1.82) is 0 Å². The van der Waals surface area contributed by atoms with Crippen LogP contribution in [0.15, 0.2) is 46.0 Å². The van der Waals surface area contributed by atoms with E-state index in [0.717, 1.165) is 15.8 Å². The van der Waals surface area contributed by atoms with Crippen molar-refractivity contribution in [2.75, 3.05) is 20.3 Å². The fourth-order valence-corrected chi connectivity index (χ4v) is 2.70. The molecule has 1 N–H and O–H groups in total.